The van der Waals surface area contributed by atoms with Crippen LogP contribution < -0.4 is 5.32 Å². The minimum atomic E-state index is -2.04. The molecule has 1 heterocycles. The van der Waals surface area contributed by atoms with Crippen LogP contribution in [-0.2, 0) is 61.9 Å². The van der Waals surface area contributed by atoms with Crippen LogP contribution in [0.1, 0.15) is 80.3 Å². The minimum absolute atomic E-state index is 0.00725. The molecule has 0 radical (unpaired) electrons. The number of esters is 5. The van der Waals surface area contributed by atoms with Crippen molar-refractivity contribution < 1.29 is 81.7 Å². The molecule has 3 N–H and O–H groups in total. The molecular formula is C52H59NO17. The second-order valence-corrected chi connectivity index (χ2v) is 18.8. The van der Waals surface area contributed by atoms with Crippen molar-refractivity contribution in [2.75, 3.05) is 33.5 Å². The van der Waals surface area contributed by atoms with Gasteiger partial charge in [0.1, 0.15) is 37.1 Å². The molecule has 0 aromatic heterocycles. The summed E-state index contributed by atoms with van der Waals surface area (Å²) in [4.78, 5) is 99.1. The monoisotopic (exact) mass is 969 g/mol. The third kappa shape index (κ3) is 9.75. The molecule has 18 heteroatoms. The Morgan fingerprint density at radius 1 is 0.814 bits per heavy atom. The van der Waals surface area contributed by atoms with Crippen LogP contribution in [0.2, 0.25) is 0 Å². The third-order valence-corrected chi connectivity index (χ3v) is 14.2. The third-order valence-electron chi connectivity index (χ3n) is 14.2. The van der Waals surface area contributed by atoms with Crippen LogP contribution in [0.25, 0.3) is 0 Å². The number of aliphatic hydroxyl groups is 2. The maximum Gasteiger partial charge on any atom is 0.350 e. The van der Waals surface area contributed by atoms with Gasteiger partial charge in [-0.05, 0) is 60.2 Å². The summed E-state index contributed by atoms with van der Waals surface area (Å²) in [5.41, 5.74) is -4.61. The van der Waals surface area contributed by atoms with Crippen molar-refractivity contribution in [2.45, 2.75) is 102 Å². The number of methoxy groups -OCH3 is 1. The highest BCUT2D eigenvalue weighted by atomic mass is 16.6. The summed E-state index contributed by atoms with van der Waals surface area (Å²) in [6, 6.07) is 22.7. The van der Waals surface area contributed by atoms with Gasteiger partial charge >= 0.3 is 29.8 Å². The Morgan fingerprint density at radius 3 is 2.00 bits per heavy atom. The molecule has 18 nitrogen and oxygen atoms in total. The van der Waals surface area contributed by atoms with Crippen molar-refractivity contribution in [1.29, 1.82) is 0 Å². The van der Waals surface area contributed by atoms with Crippen LogP contribution in [0, 0.1) is 22.7 Å². The van der Waals surface area contributed by atoms with E-state index in [1.807, 2.05) is 0 Å². The molecule has 2 bridgehead atoms. The predicted molar refractivity (Wildman–Crippen MR) is 244 cm³/mol. The van der Waals surface area contributed by atoms with Gasteiger partial charge in [-0.1, -0.05) is 80.6 Å². The van der Waals surface area contributed by atoms with Gasteiger partial charge in [-0.2, -0.15) is 0 Å². The summed E-state index contributed by atoms with van der Waals surface area (Å²) in [6.45, 7) is 7.58. The highest BCUT2D eigenvalue weighted by Gasteiger charge is 2.76. The van der Waals surface area contributed by atoms with E-state index in [0.29, 0.717) is 5.56 Å². The van der Waals surface area contributed by atoms with Crippen molar-refractivity contribution in [1.82, 2.24) is 5.32 Å². The first-order valence-corrected chi connectivity index (χ1v) is 23.0. The van der Waals surface area contributed by atoms with Crippen LogP contribution in [0.4, 0.5) is 0 Å². The molecule has 1 aliphatic heterocycles. The summed E-state index contributed by atoms with van der Waals surface area (Å²) in [5, 5.41) is 28.1. The molecular weight excluding hydrogens is 911 g/mol. The maximum atomic E-state index is 15.7. The molecule has 3 aromatic rings. The number of carbonyl (C=O) groups excluding carboxylic acids is 7. The second kappa shape index (κ2) is 21.0. The van der Waals surface area contributed by atoms with Gasteiger partial charge in [0.25, 0.3) is 5.91 Å². The largest absolute Gasteiger partial charge is 0.458 e. The van der Waals surface area contributed by atoms with Gasteiger partial charge < -0.3 is 53.4 Å². The number of amides is 1. The fourth-order valence-corrected chi connectivity index (χ4v) is 11.0. The minimum Gasteiger partial charge on any atom is -0.458 e. The fourth-order valence-electron chi connectivity index (χ4n) is 11.0. The number of carbonyl (C=O) groups is 7. The number of rotatable bonds is 16. The normalized spacial score (nSPS) is 29.5. The molecule has 12 atom stereocenters. The Bertz CT molecular complexity index is 2480. The lowest BCUT2D eigenvalue weighted by molar-refractivity contribution is -0.337. The number of fused-ring (bicyclic) bond motifs is 5. The van der Waals surface area contributed by atoms with Gasteiger partial charge in [-0.25, -0.2) is 14.4 Å². The number of aliphatic hydroxyl groups excluding tert-OH is 2. The topological polar surface area (TPSA) is 246 Å². The number of hydrogen-bond acceptors (Lipinski definition) is 17. The van der Waals surface area contributed by atoms with Gasteiger partial charge in [-0.3, -0.25) is 19.2 Å². The van der Waals surface area contributed by atoms with E-state index in [1.54, 1.807) is 92.7 Å². The highest BCUT2D eigenvalue weighted by Crippen LogP contribution is 2.63. The molecule has 3 aliphatic carbocycles. The number of benzene rings is 3. The van der Waals surface area contributed by atoms with Gasteiger partial charge in [0.2, 0.25) is 6.10 Å². The van der Waals surface area contributed by atoms with Crippen molar-refractivity contribution in [2.24, 2.45) is 22.7 Å². The first-order valence-electron chi connectivity index (χ1n) is 23.0. The van der Waals surface area contributed by atoms with Crippen LogP contribution in [0.3, 0.4) is 0 Å². The Balaban J connectivity index is 1.41. The molecule has 4 aliphatic rings. The summed E-state index contributed by atoms with van der Waals surface area (Å²) in [5.74, 6) is -9.33. The predicted octanol–water partition coefficient (Wildman–Crippen LogP) is 3.81. The Labute approximate surface area is 404 Å². The van der Waals surface area contributed by atoms with Gasteiger partial charge in [0.15, 0.2) is 17.5 Å². The van der Waals surface area contributed by atoms with Gasteiger partial charge in [-0.15, -0.1) is 0 Å². The second-order valence-electron chi connectivity index (χ2n) is 18.8. The molecule has 3 aromatic carbocycles. The van der Waals surface area contributed by atoms with Crippen LogP contribution in [-0.4, -0.2) is 134 Å². The van der Waals surface area contributed by atoms with E-state index in [-0.39, 0.29) is 48.5 Å². The smallest absolute Gasteiger partial charge is 0.350 e. The van der Waals surface area contributed by atoms with E-state index >= 15 is 9.59 Å². The summed E-state index contributed by atoms with van der Waals surface area (Å²) in [6.07, 6.45) is -11.9. The van der Waals surface area contributed by atoms with Gasteiger partial charge in [0.05, 0.1) is 42.8 Å². The van der Waals surface area contributed by atoms with Crippen LogP contribution in [0.15, 0.2) is 102 Å². The standard InChI is InChI=1S/C52H59NO17/c1-28-37-43(66-29(2)54)46(59)51(6)34(56)25-35-52(27-65-35,70-30(3)55)45(51)42(69-48(61)33-21-15-10-16-22-33)38(50(37,4)5)40(58)41(28)68-49(62)44(67-36(57)26-64-24-23-63-7)39(31-17-11-8-12-18-31)53-47(60)32-19-13-9-14-20-32/h8-22,34-35,38-45,56,58H,23-27H2,1-7H3,(H,53,60)/t34-,35+,38?,39-,40+,41+,42+,43+,44+,45?,51+,52-/m0/s1. The Morgan fingerprint density at radius 2 is 1.43 bits per heavy atom. The number of nitrogens with one attached hydrogen (secondary N) is 1. The van der Waals surface area contributed by atoms with Crippen LogP contribution >= 0.6 is 0 Å². The first kappa shape index (κ1) is 51.5. The Hall–Kier alpha value is -6.31. The lowest BCUT2D eigenvalue weighted by Gasteiger charge is -2.66. The van der Waals surface area contributed by atoms with E-state index < -0.39 is 125 Å². The van der Waals surface area contributed by atoms with Gasteiger partial charge in [0, 0.05) is 38.9 Å². The molecule has 2 saturated carbocycles. The quantitative estimate of drug-likeness (QED) is 0.0800. The average molecular weight is 970 g/mol. The highest BCUT2D eigenvalue weighted by molar-refractivity contribution is 5.96. The summed E-state index contributed by atoms with van der Waals surface area (Å²) >= 11 is 0. The van der Waals surface area contributed by atoms with E-state index in [4.69, 9.17) is 37.9 Å². The van der Waals surface area contributed by atoms with Crippen molar-refractivity contribution in [3.63, 3.8) is 0 Å². The van der Waals surface area contributed by atoms with Crippen molar-refractivity contribution in [3.8, 4) is 0 Å². The molecule has 7 rings (SSSR count). The maximum absolute atomic E-state index is 15.7. The lowest BCUT2D eigenvalue weighted by Crippen LogP contribution is -2.80. The van der Waals surface area contributed by atoms with E-state index in [2.05, 4.69) is 5.32 Å². The zero-order valence-corrected chi connectivity index (χ0v) is 40.0. The summed E-state index contributed by atoms with van der Waals surface area (Å²) < 4.78 is 47.1. The molecule has 0 spiro atoms. The number of ether oxygens (including phenoxy) is 8. The van der Waals surface area contributed by atoms with Crippen molar-refractivity contribution >= 4 is 41.5 Å². The van der Waals surface area contributed by atoms with E-state index in [0.717, 1.165) is 13.8 Å². The van der Waals surface area contributed by atoms with E-state index in [9.17, 15) is 34.2 Å². The summed E-state index contributed by atoms with van der Waals surface area (Å²) in [7, 11) is 1.44. The molecule has 1 saturated heterocycles. The first-order chi connectivity index (χ1) is 33.3. The molecule has 3 fully saturated rings. The Kier molecular flexibility index (Phi) is 15.4. The number of hydrogen-bond donors (Lipinski definition) is 3. The zero-order chi connectivity index (χ0) is 50.7. The zero-order valence-electron chi connectivity index (χ0n) is 40.0. The number of Topliss-reactive ketones (excluding diaryl/α,β-unsaturated/α-hetero) is 1. The van der Waals surface area contributed by atoms with Crippen molar-refractivity contribution in [3.05, 3.63) is 119 Å². The van der Waals surface area contributed by atoms with E-state index in [1.165, 1.54) is 33.1 Å². The lowest BCUT2D eigenvalue weighted by atomic mass is 9.45. The molecule has 2 unspecified atom stereocenters. The molecule has 1 amide bonds. The SMILES string of the molecule is COCCOCC(=O)O[C@@H](C(=O)O[C@@H]1C(C)=C2[C@@H](OC(C)=O)C(=O)[C@@]3(C)C([C@H](OC(=O)c4ccccc4)C([C@H]1O)C2(C)C)[C@]1(OC(C)=O)CO[C@@H]1C[C@@H]3O)[C@@H](NC(=O)c1ccccc1)c1ccccc1. The molecule has 374 valence electrons. The average Bonchev–Trinajstić information content (AvgIpc) is 3.32. The van der Waals surface area contributed by atoms with Crippen LogP contribution in [0.5, 0.6) is 0 Å². The fraction of sp³-hybridized carbons (Fsp3) is 0.481. The molecule has 70 heavy (non-hydrogen) atoms. The number of ketones is 1.